The number of aliphatic imine (C=N–C) groups is 1. The van der Waals surface area contributed by atoms with Gasteiger partial charge in [0.05, 0.1) is 13.1 Å². The number of likely N-dealkylation sites (N-methyl/N-ethyl adjacent to an activating group) is 1. The molecule has 6 nitrogen and oxygen atoms in total. The first-order valence-corrected chi connectivity index (χ1v) is 10.8. The number of nitrogens with zero attached hydrogens (tertiary/aromatic N) is 3. The quantitative estimate of drug-likeness (QED) is 0.529. The van der Waals surface area contributed by atoms with Gasteiger partial charge in [-0.05, 0) is 24.5 Å². The van der Waals surface area contributed by atoms with Crippen molar-refractivity contribution in [2.24, 2.45) is 4.99 Å². The van der Waals surface area contributed by atoms with E-state index in [0.717, 1.165) is 32.5 Å². The fourth-order valence-electron chi connectivity index (χ4n) is 3.53. The van der Waals surface area contributed by atoms with E-state index in [0.29, 0.717) is 11.5 Å². The van der Waals surface area contributed by atoms with E-state index >= 15 is 0 Å². The minimum absolute atomic E-state index is 0.0435. The van der Waals surface area contributed by atoms with Crippen molar-refractivity contribution in [3.05, 3.63) is 71.5 Å². The molecule has 0 aromatic heterocycles. The molecule has 1 aliphatic heterocycles. The van der Waals surface area contributed by atoms with E-state index in [4.69, 9.17) is 0 Å². The largest absolute Gasteiger partial charge is 0.354 e. The van der Waals surface area contributed by atoms with Crippen LogP contribution in [-0.2, 0) is 17.9 Å². The Hall–Kier alpha value is -2.93. The van der Waals surface area contributed by atoms with Crippen LogP contribution in [0.4, 0.5) is 4.39 Å². The lowest BCUT2D eigenvalue weighted by Crippen LogP contribution is -2.50. The van der Waals surface area contributed by atoms with Gasteiger partial charge < -0.3 is 15.5 Å². The summed E-state index contributed by atoms with van der Waals surface area (Å²) in [5, 5.41) is 6.54. The normalized spacial score (nSPS) is 15.5. The highest BCUT2D eigenvalue weighted by Gasteiger charge is 2.20. The highest BCUT2D eigenvalue weighted by atomic mass is 19.1. The van der Waals surface area contributed by atoms with Gasteiger partial charge in [-0.3, -0.25) is 9.69 Å². The zero-order valence-corrected chi connectivity index (χ0v) is 18.4. The van der Waals surface area contributed by atoms with Crippen molar-refractivity contribution in [3.8, 4) is 0 Å². The molecule has 0 atom stereocenters. The number of amides is 1. The van der Waals surface area contributed by atoms with Gasteiger partial charge in [0.25, 0.3) is 0 Å². The summed E-state index contributed by atoms with van der Waals surface area (Å²) >= 11 is 0. The number of benzene rings is 2. The molecule has 0 unspecified atom stereocenters. The predicted molar refractivity (Wildman–Crippen MR) is 122 cm³/mol. The summed E-state index contributed by atoms with van der Waals surface area (Å²) in [5.41, 5.74) is 1.85. The van der Waals surface area contributed by atoms with Gasteiger partial charge in [-0.1, -0.05) is 48.5 Å². The summed E-state index contributed by atoms with van der Waals surface area (Å²) in [6.07, 6.45) is 1.96. The fourth-order valence-corrected chi connectivity index (χ4v) is 3.53. The standard InChI is InChI=1S/C24H32FN5O/c1-29(2)23(31)17-27-24(26-16-20-10-6-7-11-22(20)25)28-21-12-14-30(15-13-21)18-19-8-4-3-5-9-19/h3-11,21H,12-18H2,1-2H3,(H2,26,27,28). The van der Waals surface area contributed by atoms with Crippen molar-refractivity contribution in [1.29, 1.82) is 0 Å². The van der Waals surface area contributed by atoms with Gasteiger partial charge in [0.2, 0.25) is 5.91 Å². The molecule has 166 valence electrons. The first kappa shape index (κ1) is 22.7. The first-order valence-electron chi connectivity index (χ1n) is 10.8. The van der Waals surface area contributed by atoms with E-state index < -0.39 is 0 Å². The van der Waals surface area contributed by atoms with Gasteiger partial charge in [-0.2, -0.15) is 0 Å². The van der Waals surface area contributed by atoms with Crippen LogP contribution in [0.15, 0.2) is 59.6 Å². The lowest BCUT2D eigenvalue weighted by molar-refractivity contribution is -0.127. The van der Waals surface area contributed by atoms with Crippen LogP contribution in [0.25, 0.3) is 0 Å². The number of likely N-dealkylation sites (tertiary alicyclic amines) is 1. The van der Waals surface area contributed by atoms with Crippen molar-refractivity contribution in [3.63, 3.8) is 0 Å². The Morgan fingerprint density at radius 2 is 1.77 bits per heavy atom. The summed E-state index contributed by atoms with van der Waals surface area (Å²) < 4.78 is 14.0. The molecule has 1 amide bonds. The fraction of sp³-hybridized carbons (Fsp3) is 0.417. The van der Waals surface area contributed by atoms with Crippen molar-refractivity contribution in [1.82, 2.24) is 20.4 Å². The number of hydrogen-bond donors (Lipinski definition) is 2. The Balaban J connectivity index is 1.56. The lowest BCUT2D eigenvalue weighted by Gasteiger charge is -2.33. The summed E-state index contributed by atoms with van der Waals surface area (Å²) in [6.45, 7) is 3.29. The molecule has 1 fully saturated rings. The molecule has 1 aliphatic rings. The third-order valence-electron chi connectivity index (χ3n) is 5.45. The van der Waals surface area contributed by atoms with E-state index in [-0.39, 0.29) is 30.9 Å². The highest BCUT2D eigenvalue weighted by Crippen LogP contribution is 2.14. The molecular formula is C24H32FN5O. The molecular weight excluding hydrogens is 393 g/mol. The Morgan fingerprint density at radius 1 is 1.10 bits per heavy atom. The monoisotopic (exact) mass is 425 g/mol. The molecule has 1 heterocycles. The average molecular weight is 426 g/mol. The van der Waals surface area contributed by atoms with Crippen molar-refractivity contribution in [2.45, 2.75) is 32.0 Å². The minimum Gasteiger partial charge on any atom is -0.354 e. The summed E-state index contributed by atoms with van der Waals surface area (Å²) in [4.78, 5) is 20.5. The van der Waals surface area contributed by atoms with Gasteiger partial charge in [0, 0.05) is 45.3 Å². The van der Waals surface area contributed by atoms with Crippen LogP contribution >= 0.6 is 0 Å². The third kappa shape index (κ3) is 7.36. The molecule has 0 saturated carbocycles. The van der Waals surface area contributed by atoms with Crippen LogP contribution in [0.1, 0.15) is 24.0 Å². The Kier molecular flexibility index (Phi) is 8.41. The van der Waals surface area contributed by atoms with Gasteiger partial charge in [-0.15, -0.1) is 0 Å². The number of carbonyl (C=O) groups excluding carboxylic acids is 1. The van der Waals surface area contributed by atoms with Crippen LogP contribution in [-0.4, -0.2) is 61.4 Å². The van der Waals surface area contributed by atoms with Crippen molar-refractivity contribution in [2.75, 3.05) is 33.7 Å². The number of hydrogen-bond acceptors (Lipinski definition) is 3. The van der Waals surface area contributed by atoms with Crippen LogP contribution in [0.2, 0.25) is 0 Å². The molecule has 1 saturated heterocycles. The second-order valence-electron chi connectivity index (χ2n) is 8.08. The maximum atomic E-state index is 14.0. The van der Waals surface area contributed by atoms with E-state index in [1.807, 2.05) is 6.07 Å². The van der Waals surface area contributed by atoms with Crippen molar-refractivity contribution < 1.29 is 9.18 Å². The van der Waals surface area contributed by atoms with Crippen LogP contribution in [0.5, 0.6) is 0 Å². The van der Waals surface area contributed by atoms with Gasteiger partial charge in [-0.25, -0.2) is 9.38 Å². The molecule has 3 rings (SSSR count). The predicted octanol–water partition coefficient (Wildman–Crippen LogP) is 2.61. The Labute approximate surface area is 184 Å². The van der Waals surface area contributed by atoms with Gasteiger partial charge in [0.15, 0.2) is 5.96 Å². The first-order chi connectivity index (χ1) is 15.0. The number of carbonyl (C=O) groups is 1. The third-order valence-corrected chi connectivity index (χ3v) is 5.45. The van der Waals surface area contributed by atoms with E-state index in [9.17, 15) is 9.18 Å². The molecule has 2 aromatic rings. The smallest absolute Gasteiger partial charge is 0.241 e. The van der Waals surface area contributed by atoms with Crippen LogP contribution < -0.4 is 10.6 Å². The number of rotatable bonds is 7. The maximum absolute atomic E-state index is 14.0. The van der Waals surface area contributed by atoms with E-state index in [2.05, 4.69) is 44.8 Å². The second-order valence-corrected chi connectivity index (χ2v) is 8.08. The van der Waals surface area contributed by atoms with E-state index in [1.165, 1.54) is 16.5 Å². The number of halogens is 1. The molecule has 0 radical (unpaired) electrons. The summed E-state index contributed by atoms with van der Waals surface area (Å²) in [6, 6.07) is 17.4. The number of guanidine groups is 1. The highest BCUT2D eigenvalue weighted by molar-refractivity contribution is 5.86. The van der Waals surface area contributed by atoms with Crippen LogP contribution in [0.3, 0.4) is 0 Å². The Bertz CT molecular complexity index is 863. The van der Waals surface area contributed by atoms with Gasteiger partial charge in [0.1, 0.15) is 5.82 Å². The molecule has 0 aliphatic carbocycles. The zero-order chi connectivity index (χ0) is 22.1. The second kappa shape index (κ2) is 11.5. The molecule has 0 spiro atoms. The summed E-state index contributed by atoms with van der Waals surface area (Å²) in [7, 11) is 3.44. The van der Waals surface area contributed by atoms with Crippen LogP contribution in [0, 0.1) is 5.82 Å². The topological polar surface area (TPSA) is 60.0 Å². The minimum atomic E-state index is -0.274. The maximum Gasteiger partial charge on any atom is 0.241 e. The molecule has 2 N–H and O–H groups in total. The average Bonchev–Trinajstić information content (AvgIpc) is 2.78. The zero-order valence-electron chi connectivity index (χ0n) is 18.4. The van der Waals surface area contributed by atoms with E-state index in [1.54, 1.807) is 32.3 Å². The molecule has 0 bridgehead atoms. The molecule has 7 heteroatoms. The lowest BCUT2D eigenvalue weighted by atomic mass is 10.0. The Morgan fingerprint density at radius 3 is 2.45 bits per heavy atom. The summed E-state index contributed by atoms with van der Waals surface area (Å²) in [5.74, 6) is 0.224. The number of nitrogens with one attached hydrogen (secondary N) is 2. The molecule has 2 aromatic carbocycles. The molecule has 31 heavy (non-hydrogen) atoms. The van der Waals surface area contributed by atoms with Gasteiger partial charge >= 0.3 is 0 Å². The SMILES string of the molecule is CN(C)C(=O)CNC(=NCc1ccccc1F)NC1CCN(Cc2ccccc2)CC1. The van der Waals surface area contributed by atoms with Crippen molar-refractivity contribution >= 4 is 11.9 Å². The number of piperidine rings is 1.